The van der Waals surface area contributed by atoms with E-state index in [9.17, 15) is 4.39 Å². The molecule has 0 aromatic heterocycles. The minimum Gasteiger partial charge on any atom is -0.258 e. The van der Waals surface area contributed by atoms with Gasteiger partial charge >= 0.3 is 0 Å². The van der Waals surface area contributed by atoms with Crippen LogP contribution in [0.3, 0.4) is 0 Å². The first kappa shape index (κ1) is 26.5. The first-order valence-electron chi connectivity index (χ1n) is 8.44. The monoisotopic (exact) mass is 524 g/mol. The van der Waals surface area contributed by atoms with Crippen molar-refractivity contribution in [3.05, 3.63) is 110 Å². The molecule has 141 valence electrons. The second-order valence-electron chi connectivity index (χ2n) is 6.04. The topological polar surface area (TPSA) is 0 Å². The summed E-state index contributed by atoms with van der Waals surface area (Å²) in [7, 11) is 0. The summed E-state index contributed by atoms with van der Waals surface area (Å²) in [6, 6.07) is 0. The molecule has 0 aliphatic rings. The average Bonchev–Trinajstić information content (AvgIpc) is 2.60. The summed E-state index contributed by atoms with van der Waals surface area (Å²) in [4.78, 5) is 0. The zero-order chi connectivity index (χ0) is 19.4. The van der Waals surface area contributed by atoms with Gasteiger partial charge in [0.15, 0.2) is 0 Å². The molecule has 2 heteroatoms. The van der Waals surface area contributed by atoms with Crippen molar-refractivity contribution in [2.75, 3.05) is 0 Å². The summed E-state index contributed by atoms with van der Waals surface area (Å²) >= 11 is 0. The Kier molecular flexibility index (Phi) is 14.7. The van der Waals surface area contributed by atoms with Crippen LogP contribution in [0.5, 0.6) is 0 Å². The Bertz CT molecular complexity index is 641. The molecule has 0 aliphatic carbocycles. The van der Waals surface area contributed by atoms with Crippen LogP contribution in [0.15, 0.2) is 104 Å². The van der Waals surface area contributed by atoms with Crippen LogP contribution < -0.4 is 0 Å². The van der Waals surface area contributed by atoms with E-state index in [-0.39, 0.29) is 26.0 Å². The van der Waals surface area contributed by atoms with Crippen molar-refractivity contribution >= 4 is 0 Å². The van der Waals surface area contributed by atoms with Crippen LogP contribution in [0.25, 0.3) is 0 Å². The van der Waals surface area contributed by atoms with E-state index in [4.69, 9.17) is 0 Å². The molecule has 0 N–H and O–H groups in total. The summed E-state index contributed by atoms with van der Waals surface area (Å²) in [5.74, 6) is -0.0745. The third-order valence-electron chi connectivity index (χ3n) is 3.91. The normalized spacial score (nSPS) is 12.5. The Labute approximate surface area is 173 Å². The summed E-state index contributed by atoms with van der Waals surface area (Å²) in [6.45, 7) is 27.1. The van der Waals surface area contributed by atoms with Crippen LogP contribution in [0, 0.1) is 12.0 Å². The Hall–Kier alpha value is -1.75. The predicted octanol–water partition coefficient (Wildman–Crippen LogP) is 7.55. The van der Waals surface area contributed by atoms with Gasteiger partial charge in [0.25, 0.3) is 0 Å². The number of hydrogen-bond acceptors (Lipinski definition) is 0. The molecule has 0 spiro atoms. The second kappa shape index (κ2) is 14.4. The molecule has 1 radical (unpaired) electrons. The van der Waals surface area contributed by atoms with Crippen molar-refractivity contribution < 1.29 is 24.8 Å². The van der Waals surface area contributed by atoms with Crippen LogP contribution in [-0.2, 0) is 20.4 Å². The van der Waals surface area contributed by atoms with Crippen molar-refractivity contribution in [1.82, 2.24) is 0 Å². The van der Waals surface area contributed by atoms with Gasteiger partial charge < -0.3 is 0 Å². The van der Waals surface area contributed by atoms with E-state index in [0.717, 1.165) is 12.0 Å². The van der Waals surface area contributed by atoms with Gasteiger partial charge in [-0.3, -0.25) is 6.08 Å². The fourth-order valence-corrected chi connectivity index (χ4v) is 1.92. The first-order chi connectivity index (χ1) is 11.7. The zero-order valence-corrected chi connectivity index (χ0v) is 18.8. The summed E-state index contributed by atoms with van der Waals surface area (Å²) in [5, 5.41) is 0. The van der Waals surface area contributed by atoms with E-state index in [0.29, 0.717) is 22.6 Å². The maximum Gasteiger partial charge on any atom is 0.129 e. The molecule has 0 saturated heterocycles. The van der Waals surface area contributed by atoms with Crippen molar-refractivity contribution in [2.45, 2.75) is 33.1 Å². The predicted molar refractivity (Wildman–Crippen MR) is 111 cm³/mol. The van der Waals surface area contributed by atoms with Crippen molar-refractivity contribution in [1.29, 1.82) is 0 Å². The molecule has 0 aromatic rings. The van der Waals surface area contributed by atoms with Crippen molar-refractivity contribution in [3.8, 4) is 0 Å². The van der Waals surface area contributed by atoms with E-state index < -0.39 is 5.83 Å². The number of unbranched alkanes of at least 4 members (excludes halogenated alkanes) is 1. The van der Waals surface area contributed by atoms with Crippen molar-refractivity contribution in [2.24, 2.45) is 5.92 Å². The summed E-state index contributed by atoms with van der Waals surface area (Å²) in [5.41, 5.74) is 2.80. The van der Waals surface area contributed by atoms with Crippen LogP contribution in [-0.4, -0.2) is 0 Å². The van der Waals surface area contributed by atoms with Gasteiger partial charge in [-0.2, -0.15) is 6.58 Å². The van der Waals surface area contributed by atoms with E-state index in [1.54, 1.807) is 12.2 Å². The largest absolute Gasteiger partial charge is 0.258 e. The van der Waals surface area contributed by atoms with Gasteiger partial charge in [-0.15, -0.1) is 12.2 Å². The average molecular weight is 524 g/mol. The van der Waals surface area contributed by atoms with Gasteiger partial charge in [0.1, 0.15) is 5.83 Å². The quantitative estimate of drug-likeness (QED) is 0.183. The molecule has 0 aliphatic heterocycles. The molecular weight excluding hydrogens is 493 g/mol. The Morgan fingerprint density at radius 2 is 1.62 bits per heavy atom. The molecule has 1 atom stereocenters. The SMILES string of the molecule is C=[C-]/C=C\C(=C)C(=C)/C(F)=C\C(=C)C(=C)/C=C\C(=C)C(C)CCCC.[Re]. The van der Waals surface area contributed by atoms with Gasteiger partial charge in [-0.05, 0) is 35.1 Å². The number of halogens is 1. The second-order valence-corrected chi connectivity index (χ2v) is 6.04. The maximum atomic E-state index is 14.2. The van der Waals surface area contributed by atoms with E-state index in [2.05, 4.69) is 59.4 Å². The van der Waals surface area contributed by atoms with Gasteiger partial charge in [0.05, 0.1) is 0 Å². The molecule has 0 fully saturated rings. The summed E-state index contributed by atoms with van der Waals surface area (Å²) < 4.78 is 14.2. The molecule has 0 aromatic carbocycles. The fourth-order valence-electron chi connectivity index (χ4n) is 1.92. The van der Waals surface area contributed by atoms with Gasteiger partial charge in [-0.1, -0.05) is 70.7 Å². The van der Waals surface area contributed by atoms with Gasteiger partial charge in [0, 0.05) is 20.4 Å². The smallest absolute Gasteiger partial charge is 0.129 e. The van der Waals surface area contributed by atoms with E-state index in [1.807, 2.05) is 12.2 Å². The number of hydrogen-bond donors (Lipinski definition) is 0. The molecule has 0 bridgehead atoms. The Morgan fingerprint density at radius 1 is 1.00 bits per heavy atom. The standard InChI is InChI=1S/C24H30F.Re/c1-9-11-13-18(3)19(4)15-16-20(5)22(7)17-24(25)23(8)21(6)14-12-10-2;/h12,14-18H,2,4-9,11,13H2,1,3H3;/q-1;/b14-12-,16-15-,24-17+;. The van der Waals surface area contributed by atoms with Gasteiger partial charge in [0.2, 0.25) is 0 Å². The molecule has 1 unspecified atom stereocenters. The molecule has 0 heterocycles. The first-order valence-corrected chi connectivity index (χ1v) is 8.44. The van der Waals surface area contributed by atoms with Crippen molar-refractivity contribution in [3.63, 3.8) is 0 Å². The van der Waals surface area contributed by atoms with Crippen LogP contribution in [0.1, 0.15) is 33.1 Å². The number of allylic oxidation sites excluding steroid dienone is 12. The molecule has 26 heavy (non-hydrogen) atoms. The third kappa shape index (κ3) is 10.3. The zero-order valence-electron chi connectivity index (χ0n) is 16.1. The molecular formula is C24H30FRe-. The minimum absolute atomic E-state index is 0. The van der Waals surface area contributed by atoms with E-state index >= 15 is 0 Å². The summed E-state index contributed by atoms with van der Waals surface area (Å²) in [6.07, 6.45) is 14.3. The fraction of sp³-hybridized carbons (Fsp3) is 0.250. The Balaban J connectivity index is 0. The Morgan fingerprint density at radius 3 is 2.15 bits per heavy atom. The third-order valence-corrected chi connectivity index (χ3v) is 3.91. The van der Waals surface area contributed by atoms with Crippen LogP contribution in [0.2, 0.25) is 0 Å². The molecule has 0 saturated carbocycles. The van der Waals surface area contributed by atoms with Gasteiger partial charge in [-0.25, -0.2) is 16.5 Å². The van der Waals surface area contributed by atoms with Crippen LogP contribution >= 0.6 is 0 Å². The minimum atomic E-state index is -0.492. The molecule has 0 nitrogen and oxygen atoms in total. The van der Waals surface area contributed by atoms with E-state index in [1.165, 1.54) is 18.9 Å². The maximum absolute atomic E-state index is 14.2. The number of rotatable bonds is 12. The van der Waals surface area contributed by atoms with Crippen LogP contribution in [0.4, 0.5) is 4.39 Å². The molecule has 0 rings (SSSR count). The molecule has 0 amide bonds.